The standard InChI is InChI=1S/C26H36F2N2/c1-3-5-6-8-22-16-18-24(30-29-22)23-17-15-21(25(27)26(23)28)14-13-20-11-9-19(7-4-2)10-12-20/h15-20H,3-14H2,1-2H3. The largest absolute Gasteiger partial charge is 0.203 e. The Kier molecular flexibility index (Phi) is 8.77. The normalized spacial score (nSPS) is 19.2. The minimum absolute atomic E-state index is 0.198. The zero-order valence-electron chi connectivity index (χ0n) is 18.6. The van der Waals surface area contributed by atoms with E-state index in [4.69, 9.17) is 0 Å². The summed E-state index contributed by atoms with van der Waals surface area (Å²) in [6, 6.07) is 7.01. The molecule has 1 saturated carbocycles. The lowest BCUT2D eigenvalue weighted by molar-refractivity contribution is 0.251. The molecule has 0 atom stereocenters. The minimum atomic E-state index is -0.799. The van der Waals surface area contributed by atoms with Crippen molar-refractivity contribution in [2.45, 2.75) is 90.9 Å². The SMILES string of the molecule is CCCCCc1ccc(-c2ccc(CCC3CCC(CCC)CC3)c(F)c2F)nn1. The highest BCUT2D eigenvalue weighted by Crippen LogP contribution is 2.34. The van der Waals surface area contributed by atoms with Crippen LogP contribution in [0.15, 0.2) is 24.3 Å². The summed E-state index contributed by atoms with van der Waals surface area (Å²) in [7, 11) is 0. The van der Waals surface area contributed by atoms with Crippen LogP contribution in [0.1, 0.15) is 89.3 Å². The molecule has 1 aromatic heterocycles. The smallest absolute Gasteiger partial charge is 0.168 e. The molecule has 0 bridgehead atoms. The molecule has 2 aromatic rings. The Labute approximate surface area is 180 Å². The van der Waals surface area contributed by atoms with Crippen LogP contribution in [-0.2, 0) is 12.8 Å². The second-order valence-electron chi connectivity index (χ2n) is 8.98. The molecule has 0 radical (unpaired) electrons. The number of nitrogens with zero attached hydrogens (tertiary/aromatic N) is 2. The highest BCUT2D eigenvalue weighted by molar-refractivity contribution is 5.60. The number of hydrogen-bond acceptors (Lipinski definition) is 2. The molecule has 0 saturated heterocycles. The monoisotopic (exact) mass is 414 g/mol. The molecule has 0 unspecified atom stereocenters. The number of rotatable bonds is 10. The Morgan fingerprint density at radius 2 is 1.50 bits per heavy atom. The van der Waals surface area contributed by atoms with Crippen molar-refractivity contribution in [1.29, 1.82) is 0 Å². The average molecular weight is 415 g/mol. The fourth-order valence-corrected chi connectivity index (χ4v) is 4.75. The zero-order valence-corrected chi connectivity index (χ0v) is 18.6. The number of hydrogen-bond donors (Lipinski definition) is 0. The molecule has 0 N–H and O–H groups in total. The maximum Gasteiger partial charge on any atom is 0.168 e. The number of halogens is 2. The molecule has 0 amide bonds. The van der Waals surface area contributed by atoms with Crippen LogP contribution in [0.3, 0.4) is 0 Å². The van der Waals surface area contributed by atoms with Gasteiger partial charge < -0.3 is 0 Å². The lowest BCUT2D eigenvalue weighted by atomic mass is 9.78. The van der Waals surface area contributed by atoms with Crippen LogP contribution in [0.4, 0.5) is 8.78 Å². The third kappa shape index (κ3) is 6.09. The second kappa shape index (κ2) is 11.5. The van der Waals surface area contributed by atoms with Crippen molar-refractivity contribution in [2.75, 3.05) is 0 Å². The number of unbranched alkanes of at least 4 members (excludes halogenated alkanes) is 2. The van der Waals surface area contributed by atoms with Gasteiger partial charge in [0.15, 0.2) is 11.6 Å². The van der Waals surface area contributed by atoms with Crippen molar-refractivity contribution in [3.63, 3.8) is 0 Å². The Morgan fingerprint density at radius 3 is 2.13 bits per heavy atom. The Balaban J connectivity index is 1.59. The summed E-state index contributed by atoms with van der Waals surface area (Å²) < 4.78 is 29.5. The van der Waals surface area contributed by atoms with E-state index >= 15 is 0 Å². The van der Waals surface area contributed by atoms with Crippen molar-refractivity contribution in [3.8, 4) is 11.3 Å². The molecule has 4 heteroatoms. The van der Waals surface area contributed by atoms with Crippen LogP contribution in [0.2, 0.25) is 0 Å². The van der Waals surface area contributed by atoms with Gasteiger partial charge in [-0.3, -0.25) is 0 Å². The second-order valence-corrected chi connectivity index (χ2v) is 8.98. The molecular formula is C26H36F2N2. The quantitative estimate of drug-likeness (QED) is 0.372. The summed E-state index contributed by atoms with van der Waals surface area (Å²) in [5.41, 5.74) is 1.98. The summed E-state index contributed by atoms with van der Waals surface area (Å²) in [6.45, 7) is 4.41. The molecule has 1 aliphatic carbocycles. The molecule has 0 spiro atoms. The van der Waals surface area contributed by atoms with E-state index in [1.165, 1.54) is 38.5 Å². The Hall–Kier alpha value is -1.84. The lowest BCUT2D eigenvalue weighted by Gasteiger charge is -2.28. The van der Waals surface area contributed by atoms with E-state index in [1.54, 1.807) is 18.2 Å². The van der Waals surface area contributed by atoms with E-state index in [9.17, 15) is 8.78 Å². The van der Waals surface area contributed by atoms with Crippen LogP contribution in [0.25, 0.3) is 11.3 Å². The third-order valence-corrected chi connectivity index (χ3v) is 6.68. The maximum absolute atomic E-state index is 14.8. The molecule has 3 rings (SSSR count). The first kappa shape index (κ1) is 22.8. The van der Waals surface area contributed by atoms with Gasteiger partial charge in [-0.2, -0.15) is 10.2 Å². The van der Waals surface area contributed by atoms with Crippen molar-refractivity contribution in [1.82, 2.24) is 10.2 Å². The molecule has 1 fully saturated rings. The van der Waals surface area contributed by atoms with Crippen LogP contribution >= 0.6 is 0 Å². The highest BCUT2D eigenvalue weighted by Gasteiger charge is 2.22. The van der Waals surface area contributed by atoms with E-state index < -0.39 is 11.6 Å². The minimum Gasteiger partial charge on any atom is -0.203 e. The molecular weight excluding hydrogens is 378 g/mol. The van der Waals surface area contributed by atoms with Crippen LogP contribution in [0, 0.1) is 23.5 Å². The molecule has 0 aliphatic heterocycles. The molecule has 1 aliphatic rings. The molecule has 164 valence electrons. The van der Waals surface area contributed by atoms with Gasteiger partial charge in [0.2, 0.25) is 0 Å². The third-order valence-electron chi connectivity index (χ3n) is 6.68. The first-order chi connectivity index (χ1) is 14.6. The molecule has 2 nitrogen and oxygen atoms in total. The average Bonchev–Trinajstić information content (AvgIpc) is 2.77. The maximum atomic E-state index is 14.8. The van der Waals surface area contributed by atoms with Crippen LogP contribution in [-0.4, -0.2) is 10.2 Å². The summed E-state index contributed by atoms with van der Waals surface area (Å²) in [4.78, 5) is 0. The van der Waals surface area contributed by atoms with Crippen molar-refractivity contribution < 1.29 is 8.78 Å². The Morgan fingerprint density at radius 1 is 0.767 bits per heavy atom. The van der Waals surface area contributed by atoms with Crippen molar-refractivity contribution >= 4 is 0 Å². The van der Waals surface area contributed by atoms with Crippen LogP contribution in [0.5, 0.6) is 0 Å². The van der Waals surface area contributed by atoms with Crippen molar-refractivity contribution in [2.24, 2.45) is 11.8 Å². The predicted octanol–water partition coefficient (Wildman–Crippen LogP) is 7.69. The number of aromatic nitrogens is 2. The molecule has 30 heavy (non-hydrogen) atoms. The van der Waals surface area contributed by atoms with Crippen LogP contribution < -0.4 is 0 Å². The van der Waals surface area contributed by atoms with E-state index in [-0.39, 0.29) is 5.56 Å². The summed E-state index contributed by atoms with van der Waals surface area (Å²) in [5.74, 6) is -0.00148. The van der Waals surface area contributed by atoms with E-state index in [0.29, 0.717) is 23.6 Å². The fourth-order valence-electron chi connectivity index (χ4n) is 4.75. The number of benzene rings is 1. The summed E-state index contributed by atoms with van der Waals surface area (Å²) in [5, 5.41) is 8.34. The molecule has 1 aromatic carbocycles. The fraction of sp³-hybridized carbons (Fsp3) is 0.615. The van der Waals surface area contributed by atoms with Gasteiger partial charge in [-0.25, -0.2) is 8.78 Å². The topological polar surface area (TPSA) is 25.8 Å². The highest BCUT2D eigenvalue weighted by atomic mass is 19.2. The predicted molar refractivity (Wildman–Crippen MR) is 119 cm³/mol. The van der Waals surface area contributed by atoms with Gasteiger partial charge in [-0.15, -0.1) is 0 Å². The van der Waals surface area contributed by atoms with Gasteiger partial charge in [0, 0.05) is 5.56 Å². The number of aryl methyl sites for hydroxylation is 2. The van der Waals surface area contributed by atoms with E-state index in [1.807, 2.05) is 6.07 Å². The summed E-state index contributed by atoms with van der Waals surface area (Å²) >= 11 is 0. The van der Waals surface area contributed by atoms with Gasteiger partial charge in [0.25, 0.3) is 0 Å². The van der Waals surface area contributed by atoms with Gasteiger partial charge in [-0.05, 0) is 61.3 Å². The summed E-state index contributed by atoms with van der Waals surface area (Å²) in [6.07, 6.45) is 13.4. The van der Waals surface area contributed by atoms with Gasteiger partial charge in [0.05, 0.1) is 11.4 Å². The van der Waals surface area contributed by atoms with E-state index in [2.05, 4.69) is 24.0 Å². The first-order valence-corrected chi connectivity index (χ1v) is 11.9. The van der Waals surface area contributed by atoms with E-state index in [0.717, 1.165) is 43.7 Å². The van der Waals surface area contributed by atoms with Gasteiger partial charge >= 0.3 is 0 Å². The van der Waals surface area contributed by atoms with Crippen molar-refractivity contribution in [3.05, 3.63) is 47.2 Å². The molecule has 1 heterocycles. The first-order valence-electron chi connectivity index (χ1n) is 11.9. The zero-order chi connectivity index (χ0) is 21.3. The van der Waals surface area contributed by atoms with Gasteiger partial charge in [-0.1, -0.05) is 71.3 Å². The Bertz CT molecular complexity index is 780. The van der Waals surface area contributed by atoms with Gasteiger partial charge in [0.1, 0.15) is 0 Å². The lowest BCUT2D eigenvalue weighted by Crippen LogP contribution is -2.15.